The number of nitrogens with zero attached hydrogens (tertiary/aromatic N) is 3. The van der Waals surface area contributed by atoms with E-state index in [2.05, 4.69) is 53.0 Å². The minimum Gasteiger partial charge on any atom is -0.391 e. The molecule has 0 atom stereocenters. The van der Waals surface area contributed by atoms with Gasteiger partial charge in [-0.15, -0.1) is 0 Å². The summed E-state index contributed by atoms with van der Waals surface area (Å²) in [5.74, 6) is 0.763. The van der Waals surface area contributed by atoms with E-state index in [0.29, 0.717) is 0 Å². The van der Waals surface area contributed by atoms with Crippen LogP contribution in [0.25, 0.3) is 0 Å². The molecule has 0 saturated heterocycles. The van der Waals surface area contributed by atoms with E-state index in [4.69, 9.17) is 0 Å². The first kappa shape index (κ1) is 12.5. The van der Waals surface area contributed by atoms with E-state index in [1.165, 1.54) is 11.9 Å². The zero-order chi connectivity index (χ0) is 13.0. The first-order valence-electron chi connectivity index (χ1n) is 6.00. The lowest BCUT2D eigenvalue weighted by molar-refractivity contribution is 0.281. The minimum atomic E-state index is -0.0570. The van der Waals surface area contributed by atoms with Crippen molar-refractivity contribution in [1.82, 2.24) is 9.97 Å². The van der Waals surface area contributed by atoms with Crippen molar-refractivity contribution in [1.29, 1.82) is 0 Å². The predicted octanol–water partition coefficient (Wildman–Crippen LogP) is 2.44. The second kappa shape index (κ2) is 5.60. The highest BCUT2D eigenvalue weighted by Crippen LogP contribution is 2.25. The number of aryl methyl sites for hydroxylation is 1. The average Bonchev–Trinajstić information content (AvgIpc) is 2.42. The van der Waals surface area contributed by atoms with Crippen LogP contribution in [0.5, 0.6) is 0 Å². The van der Waals surface area contributed by atoms with Crippen LogP contribution in [-0.2, 0) is 6.61 Å². The molecular weight excluding hydrogens is 226 g/mol. The molecule has 1 aromatic carbocycles. The van der Waals surface area contributed by atoms with Crippen molar-refractivity contribution in [2.24, 2.45) is 0 Å². The maximum absolute atomic E-state index is 9.35. The molecule has 94 valence electrons. The first-order chi connectivity index (χ1) is 8.76. The topological polar surface area (TPSA) is 49.2 Å². The van der Waals surface area contributed by atoms with Crippen LogP contribution in [0.15, 0.2) is 36.8 Å². The van der Waals surface area contributed by atoms with Crippen LogP contribution >= 0.6 is 0 Å². The van der Waals surface area contributed by atoms with E-state index < -0.39 is 0 Å². The van der Waals surface area contributed by atoms with Crippen LogP contribution in [-0.4, -0.2) is 21.6 Å². The summed E-state index contributed by atoms with van der Waals surface area (Å²) in [7, 11) is 0. The highest BCUT2D eigenvalue weighted by atomic mass is 16.3. The van der Waals surface area contributed by atoms with E-state index >= 15 is 0 Å². The molecular formula is C14H17N3O. The third-order valence-corrected chi connectivity index (χ3v) is 2.85. The monoisotopic (exact) mass is 243 g/mol. The van der Waals surface area contributed by atoms with Crippen LogP contribution in [0, 0.1) is 6.92 Å². The molecule has 0 bridgehead atoms. The summed E-state index contributed by atoms with van der Waals surface area (Å²) < 4.78 is 0. The molecule has 4 heteroatoms. The summed E-state index contributed by atoms with van der Waals surface area (Å²) in [6.45, 7) is 4.85. The Labute approximate surface area is 107 Å². The average molecular weight is 243 g/mol. The molecule has 0 aliphatic rings. The zero-order valence-corrected chi connectivity index (χ0v) is 10.7. The molecule has 1 aromatic heterocycles. The van der Waals surface area contributed by atoms with Gasteiger partial charge in [0.25, 0.3) is 0 Å². The van der Waals surface area contributed by atoms with Gasteiger partial charge in [-0.25, -0.2) is 9.97 Å². The SMILES string of the molecule is CCN(c1ccc(C)cc1)c1ncncc1CO. The van der Waals surface area contributed by atoms with Gasteiger partial charge in [-0.05, 0) is 26.0 Å². The lowest BCUT2D eigenvalue weighted by Gasteiger charge is -2.23. The van der Waals surface area contributed by atoms with E-state index in [0.717, 1.165) is 23.6 Å². The number of aliphatic hydroxyl groups is 1. The summed E-state index contributed by atoms with van der Waals surface area (Å²) >= 11 is 0. The van der Waals surface area contributed by atoms with Gasteiger partial charge >= 0.3 is 0 Å². The Kier molecular flexibility index (Phi) is 3.89. The fourth-order valence-corrected chi connectivity index (χ4v) is 1.89. The fourth-order valence-electron chi connectivity index (χ4n) is 1.89. The van der Waals surface area contributed by atoms with Crippen molar-refractivity contribution in [3.8, 4) is 0 Å². The molecule has 0 aliphatic heterocycles. The van der Waals surface area contributed by atoms with Crippen molar-refractivity contribution in [2.75, 3.05) is 11.4 Å². The number of hydrogen-bond acceptors (Lipinski definition) is 4. The Bertz CT molecular complexity index is 511. The summed E-state index contributed by atoms with van der Waals surface area (Å²) in [5, 5.41) is 9.35. The molecule has 4 nitrogen and oxygen atoms in total. The number of aliphatic hydroxyl groups excluding tert-OH is 1. The molecule has 2 aromatic rings. The number of anilines is 2. The molecule has 0 amide bonds. The number of aromatic nitrogens is 2. The van der Waals surface area contributed by atoms with Gasteiger partial charge in [0.2, 0.25) is 0 Å². The Morgan fingerprint density at radius 2 is 1.94 bits per heavy atom. The van der Waals surface area contributed by atoms with E-state index in [1.807, 2.05) is 0 Å². The molecule has 0 radical (unpaired) electrons. The Morgan fingerprint density at radius 1 is 1.22 bits per heavy atom. The lowest BCUT2D eigenvalue weighted by Crippen LogP contribution is -2.19. The summed E-state index contributed by atoms with van der Waals surface area (Å²) in [6.07, 6.45) is 3.16. The third-order valence-electron chi connectivity index (χ3n) is 2.85. The van der Waals surface area contributed by atoms with Crippen molar-refractivity contribution in [3.63, 3.8) is 0 Å². The van der Waals surface area contributed by atoms with Gasteiger partial charge in [0.15, 0.2) is 0 Å². The second-order valence-electron chi connectivity index (χ2n) is 4.11. The fraction of sp³-hybridized carbons (Fsp3) is 0.286. The molecule has 0 spiro atoms. The molecule has 0 saturated carbocycles. The van der Waals surface area contributed by atoms with E-state index in [9.17, 15) is 5.11 Å². The van der Waals surface area contributed by atoms with Crippen LogP contribution < -0.4 is 4.90 Å². The molecule has 1 heterocycles. The van der Waals surface area contributed by atoms with Gasteiger partial charge in [0.05, 0.1) is 6.61 Å². The second-order valence-corrected chi connectivity index (χ2v) is 4.11. The van der Waals surface area contributed by atoms with E-state index in [1.54, 1.807) is 6.20 Å². The van der Waals surface area contributed by atoms with Gasteiger partial charge in [0, 0.05) is 24.0 Å². The van der Waals surface area contributed by atoms with E-state index in [-0.39, 0.29) is 6.61 Å². The van der Waals surface area contributed by atoms with Gasteiger partial charge in [-0.3, -0.25) is 0 Å². The molecule has 18 heavy (non-hydrogen) atoms. The van der Waals surface area contributed by atoms with Gasteiger partial charge in [-0.1, -0.05) is 17.7 Å². The minimum absolute atomic E-state index is 0.0570. The van der Waals surface area contributed by atoms with Crippen LogP contribution in [0.1, 0.15) is 18.1 Å². The van der Waals surface area contributed by atoms with Crippen LogP contribution in [0.2, 0.25) is 0 Å². The number of hydrogen-bond donors (Lipinski definition) is 1. The van der Waals surface area contributed by atoms with Gasteiger partial charge < -0.3 is 10.0 Å². The van der Waals surface area contributed by atoms with Crippen molar-refractivity contribution in [3.05, 3.63) is 47.9 Å². The standard InChI is InChI=1S/C14H17N3O/c1-3-17(13-6-4-11(2)5-7-13)14-12(9-18)8-15-10-16-14/h4-8,10,18H,3,9H2,1-2H3. The smallest absolute Gasteiger partial charge is 0.141 e. The van der Waals surface area contributed by atoms with Gasteiger partial charge in [-0.2, -0.15) is 0 Å². The van der Waals surface area contributed by atoms with Gasteiger partial charge in [0.1, 0.15) is 12.1 Å². The summed E-state index contributed by atoms with van der Waals surface area (Å²) in [4.78, 5) is 10.3. The zero-order valence-electron chi connectivity index (χ0n) is 10.7. The van der Waals surface area contributed by atoms with Crippen LogP contribution in [0.4, 0.5) is 11.5 Å². The first-order valence-corrected chi connectivity index (χ1v) is 6.00. The van der Waals surface area contributed by atoms with Crippen molar-refractivity contribution in [2.45, 2.75) is 20.5 Å². The number of benzene rings is 1. The largest absolute Gasteiger partial charge is 0.391 e. The highest BCUT2D eigenvalue weighted by molar-refractivity contribution is 5.62. The molecule has 0 unspecified atom stereocenters. The van der Waals surface area contributed by atoms with Crippen LogP contribution in [0.3, 0.4) is 0 Å². The predicted molar refractivity (Wildman–Crippen MR) is 71.8 cm³/mol. The highest BCUT2D eigenvalue weighted by Gasteiger charge is 2.12. The molecule has 1 N–H and O–H groups in total. The van der Waals surface area contributed by atoms with Crippen molar-refractivity contribution < 1.29 is 5.11 Å². The molecule has 0 aliphatic carbocycles. The summed E-state index contributed by atoms with van der Waals surface area (Å²) in [5.41, 5.74) is 3.02. The Balaban J connectivity index is 2.41. The molecule has 2 rings (SSSR count). The summed E-state index contributed by atoms with van der Waals surface area (Å²) in [6, 6.07) is 8.25. The van der Waals surface area contributed by atoms with Crippen molar-refractivity contribution >= 4 is 11.5 Å². The lowest BCUT2D eigenvalue weighted by atomic mass is 10.2. The Morgan fingerprint density at radius 3 is 2.56 bits per heavy atom. The Hall–Kier alpha value is -1.94. The third kappa shape index (κ3) is 2.49. The maximum atomic E-state index is 9.35. The quantitative estimate of drug-likeness (QED) is 0.896. The normalized spacial score (nSPS) is 10.4. The molecule has 0 fully saturated rings. The number of rotatable bonds is 4. The maximum Gasteiger partial charge on any atom is 0.141 e.